The van der Waals surface area contributed by atoms with Gasteiger partial charge in [-0.05, 0) is 13.0 Å². The van der Waals surface area contributed by atoms with Crippen LogP contribution in [0.2, 0.25) is 0 Å². The number of anilines is 1. The molecule has 0 amide bonds. The Kier molecular flexibility index (Phi) is 2.55. The average molecular weight is 166 g/mol. The van der Waals surface area contributed by atoms with E-state index in [0.717, 1.165) is 5.56 Å². The topological polar surface area (TPSA) is 61.3 Å². The van der Waals surface area contributed by atoms with Gasteiger partial charge in [0.25, 0.3) is 0 Å². The van der Waals surface area contributed by atoms with Gasteiger partial charge in [0.1, 0.15) is 5.75 Å². The van der Waals surface area contributed by atoms with Gasteiger partial charge in [-0.3, -0.25) is 0 Å². The average Bonchev–Trinajstić information content (AvgIpc) is 2.03. The van der Waals surface area contributed by atoms with E-state index in [-0.39, 0.29) is 6.04 Å². The first-order valence-electron chi connectivity index (χ1n) is 3.84. The third kappa shape index (κ3) is 1.51. The fourth-order valence-electron chi connectivity index (χ4n) is 1.17. The molecule has 0 aliphatic rings. The summed E-state index contributed by atoms with van der Waals surface area (Å²) in [5.41, 5.74) is 13.0. The zero-order chi connectivity index (χ0) is 9.14. The van der Waals surface area contributed by atoms with Gasteiger partial charge in [-0.2, -0.15) is 0 Å². The lowest BCUT2D eigenvalue weighted by Crippen LogP contribution is -2.08. The van der Waals surface area contributed by atoms with Crippen molar-refractivity contribution in [2.45, 2.75) is 13.0 Å². The molecule has 1 aromatic carbocycles. The highest BCUT2D eigenvalue weighted by atomic mass is 16.5. The van der Waals surface area contributed by atoms with Crippen LogP contribution in [0.5, 0.6) is 5.75 Å². The number of hydrogen-bond acceptors (Lipinski definition) is 3. The molecule has 0 saturated carbocycles. The lowest BCUT2D eigenvalue weighted by Gasteiger charge is -2.12. The van der Waals surface area contributed by atoms with Gasteiger partial charge in [0.2, 0.25) is 0 Å². The molecule has 3 nitrogen and oxygen atoms in total. The Hall–Kier alpha value is -1.22. The molecule has 0 spiro atoms. The number of para-hydroxylation sites is 1. The number of methoxy groups -OCH3 is 1. The predicted molar refractivity (Wildman–Crippen MR) is 50.0 cm³/mol. The van der Waals surface area contributed by atoms with Crippen molar-refractivity contribution in [3.05, 3.63) is 23.8 Å². The Balaban J connectivity index is 3.18. The maximum Gasteiger partial charge on any atom is 0.146 e. The minimum absolute atomic E-state index is 0.0524. The maximum atomic E-state index is 5.72. The van der Waals surface area contributed by atoms with Crippen LogP contribution in [-0.2, 0) is 0 Å². The van der Waals surface area contributed by atoms with Crippen molar-refractivity contribution in [2.75, 3.05) is 12.8 Å². The molecular formula is C9H14N2O. The molecule has 0 bridgehead atoms. The van der Waals surface area contributed by atoms with E-state index >= 15 is 0 Å². The molecule has 0 aliphatic heterocycles. The molecule has 0 saturated heterocycles. The minimum atomic E-state index is -0.0524. The van der Waals surface area contributed by atoms with E-state index in [2.05, 4.69) is 0 Å². The van der Waals surface area contributed by atoms with Crippen LogP contribution in [0, 0.1) is 0 Å². The van der Waals surface area contributed by atoms with Crippen molar-refractivity contribution >= 4 is 5.69 Å². The molecule has 1 unspecified atom stereocenters. The second kappa shape index (κ2) is 3.45. The van der Waals surface area contributed by atoms with Crippen molar-refractivity contribution in [2.24, 2.45) is 5.73 Å². The van der Waals surface area contributed by atoms with E-state index in [1.165, 1.54) is 0 Å². The SMILES string of the molecule is COc1c(N)cccc1C(C)N. The molecule has 0 heterocycles. The Morgan fingerprint density at radius 3 is 2.50 bits per heavy atom. The van der Waals surface area contributed by atoms with Gasteiger partial charge in [-0.25, -0.2) is 0 Å². The van der Waals surface area contributed by atoms with Gasteiger partial charge in [0.05, 0.1) is 12.8 Å². The molecular weight excluding hydrogens is 152 g/mol. The van der Waals surface area contributed by atoms with Gasteiger partial charge >= 0.3 is 0 Å². The number of benzene rings is 1. The molecule has 0 radical (unpaired) electrons. The van der Waals surface area contributed by atoms with E-state index in [1.54, 1.807) is 13.2 Å². The fraction of sp³-hybridized carbons (Fsp3) is 0.333. The van der Waals surface area contributed by atoms with Crippen molar-refractivity contribution in [1.29, 1.82) is 0 Å². The summed E-state index contributed by atoms with van der Waals surface area (Å²) in [4.78, 5) is 0. The molecule has 0 aromatic heterocycles. The molecule has 66 valence electrons. The van der Waals surface area contributed by atoms with Crippen LogP contribution in [-0.4, -0.2) is 7.11 Å². The first kappa shape index (κ1) is 8.87. The Bertz CT molecular complexity index is 271. The number of ether oxygens (including phenoxy) is 1. The van der Waals surface area contributed by atoms with Crippen LogP contribution >= 0.6 is 0 Å². The lowest BCUT2D eigenvalue weighted by atomic mass is 10.1. The predicted octanol–water partition coefficient (Wildman–Crippen LogP) is 1.30. The molecule has 1 aromatic rings. The summed E-state index contributed by atoms with van der Waals surface area (Å²) in [5.74, 6) is 0.688. The van der Waals surface area contributed by atoms with Gasteiger partial charge in [0, 0.05) is 11.6 Å². The van der Waals surface area contributed by atoms with Gasteiger partial charge in [-0.1, -0.05) is 12.1 Å². The van der Waals surface area contributed by atoms with E-state index in [1.807, 2.05) is 19.1 Å². The molecule has 1 atom stereocenters. The molecule has 0 aliphatic carbocycles. The first-order valence-corrected chi connectivity index (χ1v) is 3.84. The van der Waals surface area contributed by atoms with Crippen LogP contribution in [0.25, 0.3) is 0 Å². The van der Waals surface area contributed by atoms with Gasteiger partial charge in [0.15, 0.2) is 0 Å². The van der Waals surface area contributed by atoms with E-state index in [0.29, 0.717) is 11.4 Å². The molecule has 0 fully saturated rings. The second-order valence-corrected chi connectivity index (χ2v) is 2.76. The summed E-state index contributed by atoms with van der Waals surface area (Å²) in [7, 11) is 1.59. The van der Waals surface area contributed by atoms with E-state index in [9.17, 15) is 0 Å². The van der Waals surface area contributed by atoms with E-state index in [4.69, 9.17) is 16.2 Å². The summed E-state index contributed by atoms with van der Waals surface area (Å²) >= 11 is 0. The summed E-state index contributed by atoms with van der Waals surface area (Å²) < 4.78 is 5.13. The summed E-state index contributed by atoms with van der Waals surface area (Å²) in [6.07, 6.45) is 0. The quantitative estimate of drug-likeness (QED) is 0.651. The number of nitrogens with two attached hydrogens (primary N) is 2. The van der Waals surface area contributed by atoms with Gasteiger partial charge in [-0.15, -0.1) is 0 Å². The highest BCUT2D eigenvalue weighted by Gasteiger charge is 2.08. The van der Waals surface area contributed by atoms with Crippen LogP contribution in [0.1, 0.15) is 18.5 Å². The Labute approximate surface area is 72.3 Å². The molecule has 4 N–H and O–H groups in total. The standard InChI is InChI=1S/C9H14N2O/c1-6(10)7-4-3-5-8(11)9(7)12-2/h3-6H,10-11H2,1-2H3. The summed E-state index contributed by atoms with van der Waals surface area (Å²) in [5, 5.41) is 0. The Morgan fingerprint density at radius 1 is 1.42 bits per heavy atom. The minimum Gasteiger partial charge on any atom is -0.494 e. The zero-order valence-electron chi connectivity index (χ0n) is 7.37. The largest absolute Gasteiger partial charge is 0.494 e. The van der Waals surface area contributed by atoms with Crippen LogP contribution in [0.3, 0.4) is 0 Å². The zero-order valence-corrected chi connectivity index (χ0v) is 7.37. The molecule has 12 heavy (non-hydrogen) atoms. The Morgan fingerprint density at radius 2 is 2.08 bits per heavy atom. The number of rotatable bonds is 2. The number of nitrogen functional groups attached to an aromatic ring is 1. The van der Waals surface area contributed by atoms with Crippen LogP contribution in [0.4, 0.5) is 5.69 Å². The fourth-order valence-corrected chi connectivity index (χ4v) is 1.17. The molecule has 3 heteroatoms. The highest BCUT2D eigenvalue weighted by Crippen LogP contribution is 2.29. The second-order valence-electron chi connectivity index (χ2n) is 2.76. The van der Waals surface area contributed by atoms with Gasteiger partial charge < -0.3 is 16.2 Å². The monoisotopic (exact) mass is 166 g/mol. The highest BCUT2D eigenvalue weighted by molar-refractivity contribution is 5.57. The van der Waals surface area contributed by atoms with Crippen LogP contribution in [0.15, 0.2) is 18.2 Å². The van der Waals surface area contributed by atoms with Crippen molar-refractivity contribution < 1.29 is 4.74 Å². The smallest absolute Gasteiger partial charge is 0.146 e. The summed E-state index contributed by atoms with van der Waals surface area (Å²) in [6.45, 7) is 1.90. The van der Waals surface area contributed by atoms with Crippen molar-refractivity contribution in [3.8, 4) is 5.75 Å². The maximum absolute atomic E-state index is 5.72. The third-order valence-electron chi connectivity index (χ3n) is 1.77. The molecule has 1 rings (SSSR count). The number of hydrogen-bond donors (Lipinski definition) is 2. The lowest BCUT2D eigenvalue weighted by molar-refractivity contribution is 0.409. The van der Waals surface area contributed by atoms with E-state index < -0.39 is 0 Å². The first-order chi connectivity index (χ1) is 5.66. The third-order valence-corrected chi connectivity index (χ3v) is 1.77. The van der Waals surface area contributed by atoms with Crippen molar-refractivity contribution in [1.82, 2.24) is 0 Å². The normalized spacial score (nSPS) is 12.6. The van der Waals surface area contributed by atoms with Crippen LogP contribution < -0.4 is 16.2 Å². The summed E-state index contributed by atoms with van der Waals surface area (Å²) in [6, 6.07) is 5.53. The van der Waals surface area contributed by atoms with Crippen molar-refractivity contribution in [3.63, 3.8) is 0 Å².